The number of likely N-dealkylation sites (N-methyl/N-ethyl adjacent to an activating group) is 1. The van der Waals surface area contributed by atoms with Crippen LogP contribution in [0.1, 0.15) is 24.2 Å². The van der Waals surface area contributed by atoms with Crippen LogP contribution in [0, 0.1) is 0 Å². The van der Waals surface area contributed by atoms with Gasteiger partial charge in [0.05, 0.1) is 16.8 Å². The lowest BCUT2D eigenvalue weighted by Gasteiger charge is -2.18. The molecule has 0 aliphatic heterocycles. The molecule has 106 valence electrons. The first-order valence-corrected chi connectivity index (χ1v) is 7.52. The second-order valence-corrected chi connectivity index (χ2v) is 5.73. The second kappa shape index (κ2) is 7.28. The molecule has 1 atom stereocenters. The van der Waals surface area contributed by atoms with Crippen LogP contribution in [0.3, 0.4) is 0 Å². The molecule has 1 aromatic carbocycles. The lowest BCUT2D eigenvalue weighted by atomic mass is 10.0. The van der Waals surface area contributed by atoms with Crippen LogP contribution in [-0.2, 0) is 6.42 Å². The third kappa shape index (κ3) is 4.10. The van der Waals surface area contributed by atoms with Crippen LogP contribution in [-0.4, -0.2) is 11.5 Å². The fourth-order valence-corrected chi connectivity index (χ4v) is 2.63. The van der Waals surface area contributed by atoms with Crippen molar-refractivity contribution < 1.29 is 0 Å². The van der Waals surface area contributed by atoms with Gasteiger partial charge in [-0.25, -0.2) is 0 Å². The predicted octanol–water partition coefficient (Wildman–Crippen LogP) is 4.94. The van der Waals surface area contributed by atoms with Gasteiger partial charge in [-0.3, -0.25) is 4.98 Å². The molecule has 2 nitrogen and oxygen atoms in total. The maximum Gasteiger partial charge on any atom is 0.0589 e. The number of nitrogens with one attached hydrogen (secondary N) is 1. The van der Waals surface area contributed by atoms with Crippen LogP contribution in [0.25, 0.3) is 0 Å². The molecule has 1 N–H and O–H groups in total. The van der Waals surface area contributed by atoms with Crippen molar-refractivity contribution in [2.45, 2.75) is 19.4 Å². The van der Waals surface area contributed by atoms with Gasteiger partial charge < -0.3 is 5.32 Å². The number of pyridine rings is 1. The predicted molar refractivity (Wildman–Crippen MR) is 85.8 cm³/mol. The fraction of sp³-hybridized carbons (Fsp3) is 0.267. The first-order chi connectivity index (χ1) is 9.60. The van der Waals surface area contributed by atoms with Crippen LogP contribution in [0.5, 0.6) is 0 Å². The summed E-state index contributed by atoms with van der Waals surface area (Å²) >= 11 is 18.0. The van der Waals surface area contributed by atoms with E-state index in [1.807, 2.05) is 24.3 Å². The minimum atomic E-state index is 0.0935. The van der Waals surface area contributed by atoms with E-state index in [1.165, 1.54) is 0 Å². The minimum absolute atomic E-state index is 0.0935. The Morgan fingerprint density at radius 1 is 1.10 bits per heavy atom. The van der Waals surface area contributed by atoms with Gasteiger partial charge in [-0.1, -0.05) is 47.8 Å². The average molecular weight is 330 g/mol. The third-order valence-electron chi connectivity index (χ3n) is 3.00. The molecule has 2 aromatic rings. The quantitative estimate of drug-likeness (QED) is 0.841. The molecule has 0 amide bonds. The van der Waals surface area contributed by atoms with E-state index in [0.29, 0.717) is 15.1 Å². The highest BCUT2D eigenvalue weighted by Crippen LogP contribution is 2.26. The molecule has 0 saturated heterocycles. The molecule has 5 heteroatoms. The molecule has 0 aliphatic carbocycles. The van der Waals surface area contributed by atoms with Gasteiger partial charge in [0.1, 0.15) is 0 Å². The van der Waals surface area contributed by atoms with Gasteiger partial charge in [0, 0.05) is 16.2 Å². The number of hydrogen-bond acceptors (Lipinski definition) is 2. The van der Waals surface area contributed by atoms with E-state index in [1.54, 1.807) is 12.3 Å². The number of aromatic nitrogens is 1. The minimum Gasteiger partial charge on any atom is -0.309 e. The van der Waals surface area contributed by atoms with Gasteiger partial charge in [0.15, 0.2) is 0 Å². The highest BCUT2D eigenvalue weighted by atomic mass is 35.5. The Balaban J connectivity index is 2.22. The van der Waals surface area contributed by atoms with Gasteiger partial charge >= 0.3 is 0 Å². The molecular formula is C15H15Cl3N2. The van der Waals surface area contributed by atoms with Crippen LogP contribution in [0.2, 0.25) is 15.1 Å². The van der Waals surface area contributed by atoms with Crippen molar-refractivity contribution in [2.24, 2.45) is 0 Å². The summed E-state index contributed by atoms with van der Waals surface area (Å²) in [5.74, 6) is 0. The molecule has 2 rings (SSSR count). The SMILES string of the molecule is CCNC(Cc1ccc(Cl)cc1Cl)c1ccc(Cl)cn1. The van der Waals surface area contributed by atoms with E-state index in [0.717, 1.165) is 24.2 Å². The summed E-state index contributed by atoms with van der Waals surface area (Å²) in [6.45, 7) is 2.91. The summed E-state index contributed by atoms with van der Waals surface area (Å²) in [6, 6.07) is 9.43. The first-order valence-electron chi connectivity index (χ1n) is 6.39. The van der Waals surface area contributed by atoms with Crippen molar-refractivity contribution in [3.63, 3.8) is 0 Å². The van der Waals surface area contributed by atoms with E-state index >= 15 is 0 Å². The van der Waals surface area contributed by atoms with Crippen LogP contribution in [0.4, 0.5) is 0 Å². The standard InChI is InChI=1S/C15H15Cl3N2/c1-2-19-15(14-6-5-12(17)9-20-14)7-10-3-4-11(16)8-13(10)18/h3-6,8-9,15,19H,2,7H2,1H3. The third-order valence-corrected chi connectivity index (χ3v) is 3.81. The molecular weight excluding hydrogens is 315 g/mol. The summed E-state index contributed by atoms with van der Waals surface area (Å²) in [5.41, 5.74) is 1.99. The Labute approximate surface area is 134 Å². The molecule has 0 bridgehead atoms. The molecule has 0 spiro atoms. The van der Waals surface area contributed by atoms with Gasteiger partial charge in [-0.2, -0.15) is 0 Å². The summed E-state index contributed by atoms with van der Waals surface area (Å²) in [7, 11) is 0. The normalized spacial score (nSPS) is 12.4. The molecule has 1 heterocycles. The Bertz CT molecular complexity index is 570. The van der Waals surface area contributed by atoms with Gasteiger partial charge in [0.25, 0.3) is 0 Å². The number of halogens is 3. The van der Waals surface area contributed by atoms with Crippen molar-refractivity contribution >= 4 is 34.8 Å². The number of hydrogen-bond donors (Lipinski definition) is 1. The lowest BCUT2D eigenvalue weighted by molar-refractivity contribution is 0.537. The molecule has 0 saturated carbocycles. The van der Waals surface area contributed by atoms with Crippen LogP contribution < -0.4 is 5.32 Å². The zero-order chi connectivity index (χ0) is 14.5. The van der Waals surface area contributed by atoms with E-state index in [-0.39, 0.29) is 6.04 Å². The monoisotopic (exact) mass is 328 g/mol. The van der Waals surface area contributed by atoms with Crippen molar-refractivity contribution in [3.05, 3.63) is 62.9 Å². The Morgan fingerprint density at radius 3 is 2.45 bits per heavy atom. The van der Waals surface area contributed by atoms with Crippen molar-refractivity contribution in [3.8, 4) is 0 Å². The fourth-order valence-electron chi connectivity index (χ4n) is 2.03. The zero-order valence-corrected chi connectivity index (χ0v) is 13.3. The number of benzene rings is 1. The summed E-state index contributed by atoms with van der Waals surface area (Å²) in [5, 5.41) is 5.36. The van der Waals surface area contributed by atoms with Gasteiger partial charge in [0.2, 0.25) is 0 Å². The van der Waals surface area contributed by atoms with Gasteiger partial charge in [-0.15, -0.1) is 0 Å². The maximum atomic E-state index is 6.23. The molecule has 20 heavy (non-hydrogen) atoms. The lowest BCUT2D eigenvalue weighted by Crippen LogP contribution is -2.24. The molecule has 1 unspecified atom stereocenters. The van der Waals surface area contributed by atoms with Crippen LogP contribution in [0.15, 0.2) is 36.5 Å². The van der Waals surface area contributed by atoms with Crippen molar-refractivity contribution in [1.82, 2.24) is 10.3 Å². The molecule has 0 radical (unpaired) electrons. The van der Waals surface area contributed by atoms with E-state index < -0.39 is 0 Å². The molecule has 1 aromatic heterocycles. The molecule has 0 fully saturated rings. The summed E-state index contributed by atoms with van der Waals surface area (Å²) in [4.78, 5) is 4.38. The Morgan fingerprint density at radius 2 is 1.85 bits per heavy atom. The van der Waals surface area contributed by atoms with E-state index in [2.05, 4.69) is 17.2 Å². The smallest absolute Gasteiger partial charge is 0.0589 e. The first kappa shape index (κ1) is 15.6. The van der Waals surface area contributed by atoms with Crippen molar-refractivity contribution in [1.29, 1.82) is 0 Å². The topological polar surface area (TPSA) is 24.9 Å². The van der Waals surface area contributed by atoms with E-state index in [4.69, 9.17) is 34.8 Å². The second-order valence-electron chi connectivity index (χ2n) is 4.45. The highest BCUT2D eigenvalue weighted by Gasteiger charge is 2.14. The summed E-state index contributed by atoms with van der Waals surface area (Å²) < 4.78 is 0. The van der Waals surface area contributed by atoms with E-state index in [9.17, 15) is 0 Å². The largest absolute Gasteiger partial charge is 0.309 e. The average Bonchev–Trinajstić information content (AvgIpc) is 2.42. The Kier molecular flexibility index (Phi) is 5.67. The summed E-state index contributed by atoms with van der Waals surface area (Å²) in [6.07, 6.45) is 2.41. The molecule has 0 aliphatic rings. The van der Waals surface area contributed by atoms with Crippen LogP contribution >= 0.6 is 34.8 Å². The number of nitrogens with zero attached hydrogens (tertiary/aromatic N) is 1. The van der Waals surface area contributed by atoms with Gasteiger partial charge in [-0.05, 0) is 42.8 Å². The number of rotatable bonds is 5. The maximum absolute atomic E-state index is 6.23. The highest BCUT2D eigenvalue weighted by molar-refractivity contribution is 6.35. The Hall–Kier alpha value is -0.800. The van der Waals surface area contributed by atoms with Crippen molar-refractivity contribution in [2.75, 3.05) is 6.54 Å². The zero-order valence-electron chi connectivity index (χ0n) is 11.0.